The molecule has 1 aromatic heterocycles. The monoisotopic (exact) mass is 170 g/mol. The number of aromatic amines is 2. The highest BCUT2D eigenvalue weighted by Crippen LogP contribution is 2.11. The first-order chi connectivity index (χ1) is 5.74. The minimum absolute atomic E-state index is 0.0175. The van der Waals surface area contributed by atoms with E-state index in [0.29, 0.717) is 5.69 Å². The van der Waals surface area contributed by atoms with Gasteiger partial charge < -0.3 is 10.1 Å². The fraction of sp³-hybridized carbons (Fsp3) is 0.625. The van der Waals surface area contributed by atoms with Crippen LogP contribution in [0.4, 0.5) is 0 Å². The van der Waals surface area contributed by atoms with Gasteiger partial charge in [-0.15, -0.1) is 0 Å². The molecule has 0 aliphatic rings. The van der Waals surface area contributed by atoms with Crippen molar-refractivity contribution in [1.82, 2.24) is 9.97 Å². The van der Waals surface area contributed by atoms with Gasteiger partial charge in [0, 0.05) is 0 Å². The van der Waals surface area contributed by atoms with Gasteiger partial charge in [0.2, 0.25) is 5.88 Å². The van der Waals surface area contributed by atoms with E-state index in [4.69, 9.17) is 5.11 Å². The Morgan fingerprint density at radius 1 is 1.33 bits per heavy atom. The van der Waals surface area contributed by atoms with Crippen molar-refractivity contribution in [3.63, 3.8) is 0 Å². The molecule has 0 saturated heterocycles. The summed E-state index contributed by atoms with van der Waals surface area (Å²) < 4.78 is 0. The molecule has 0 fully saturated rings. The third kappa shape index (κ3) is 2.15. The fourth-order valence-corrected chi connectivity index (χ4v) is 1.14. The molecule has 4 heteroatoms. The van der Waals surface area contributed by atoms with Gasteiger partial charge in [-0.3, -0.25) is 4.98 Å². The number of unbranched alkanes of at least 4 members (excludes halogenated alkanes) is 2. The number of aromatic nitrogens is 2. The summed E-state index contributed by atoms with van der Waals surface area (Å²) in [5, 5.41) is 9.14. The third-order valence-corrected chi connectivity index (χ3v) is 1.81. The molecule has 68 valence electrons. The largest absolute Gasteiger partial charge is 0.493 e. The molecule has 0 aliphatic heterocycles. The molecule has 0 amide bonds. The highest BCUT2D eigenvalue weighted by atomic mass is 16.3. The van der Waals surface area contributed by atoms with Crippen LogP contribution in [0.25, 0.3) is 0 Å². The summed E-state index contributed by atoms with van der Waals surface area (Å²) in [5.74, 6) is -0.0175. The van der Waals surface area contributed by atoms with E-state index < -0.39 is 0 Å². The maximum atomic E-state index is 10.7. The molecule has 12 heavy (non-hydrogen) atoms. The van der Waals surface area contributed by atoms with E-state index in [9.17, 15) is 4.79 Å². The van der Waals surface area contributed by atoms with Crippen LogP contribution in [0.2, 0.25) is 0 Å². The van der Waals surface area contributed by atoms with Crippen molar-refractivity contribution in [1.29, 1.82) is 0 Å². The van der Waals surface area contributed by atoms with Crippen LogP contribution in [0.3, 0.4) is 0 Å². The number of hydrogen-bond acceptors (Lipinski definition) is 2. The molecule has 4 nitrogen and oxygen atoms in total. The first kappa shape index (κ1) is 8.90. The van der Waals surface area contributed by atoms with Crippen molar-refractivity contribution in [2.45, 2.75) is 32.6 Å². The highest BCUT2D eigenvalue weighted by molar-refractivity contribution is 5.15. The second kappa shape index (κ2) is 3.99. The van der Waals surface area contributed by atoms with Gasteiger partial charge in [-0.25, -0.2) is 4.79 Å². The lowest BCUT2D eigenvalue weighted by Gasteiger charge is -1.95. The number of H-pyrrole nitrogens is 2. The minimum Gasteiger partial charge on any atom is -0.493 e. The molecule has 0 radical (unpaired) electrons. The minimum atomic E-state index is -0.334. The summed E-state index contributed by atoms with van der Waals surface area (Å²) in [6, 6.07) is 0. The number of aromatic hydroxyl groups is 1. The molecule has 1 aromatic rings. The first-order valence-electron chi connectivity index (χ1n) is 4.24. The average Bonchev–Trinajstić information content (AvgIpc) is 2.31. The van der Waals surface area contributed by atoms with E-state index in [1.165, 1.54) is 0 Å². The second-order valence-electron chi connectivity index (χ2n) is 2.86. The van der Waals surface area contributed by atoms with Gasteiger partial charge in [-0.2, -0.15) is 0 Å². The Morgan fingerprint density at radius 3 is 2.58 bits per heavy atom. The van der Waals surface area contributed by atoms with Gasteiger partial charge in [-0.1, -0.05) is 19.8 Å². The Balaban J connectivity index is 2.51. The number of imidazole rings is 1. The molecule has 0 unspecified atom stereocenters. The quantitative estimate of drug-likeness (QED) is 0.593. The summed E-state index contributed by atoms with van der Waals surface area (Å²) in [6.45, 7) is 2.11. The van der Waals surface area contributed by atoms with E-state index in [1.807, 2.05) is 0 Å². The van der Waals surface area contributed by atoms with Crippen molar-refractivity contribution in [3.8, 4) is 5.88 Å². The Hall–Kier alpha value is -1.19. The van der Waals surface area contributed by atoms with Crippen LogP contribution in [0.5, 0.6) is 5.88 Å². The number of aryl methyl sites for hydroxylation is 1. The van der Waals surface area contributed by atoms with Crippen LogP contribution in [0.1, 0.15) is 31.9 Å². The van der Waals surface area contributed by atoms with Crippen LogP contribution in [-0.2, 0) is 6.42 Å². The van der Waals surface area contributed by atoms with Crippen molar-refractivity contribution >= 4 is 0 Å². The highest BCUT2D eigenvalue weighted by Gasteiger charge is 2.03. The Morgan fingerprint density at radius 2 is 2.08 bits per heavy atom. The van der Waals surface area contributed by atoms with E-state index in [-0.39, 0.29) is 11.6 Å². The van der Waals surface area contributed by atoms with Gasteiger partial charge in [0.25, 0.3) is 0 Å². The predicted molar refractivity (Wildman–Crippen MR) is 46.3 cm³/mol. The third-order valence-electron chi connectivity index (χ3n) is 1.81. The summed E-state index contributed by atoms with van der Waals surface area (Å²) >= 11 is 0. The van der Waals surface area contributed by atoms with Crippen LogP contribution < -0.4 is 5.69 Å². The van der Waals surface area contributed by atoms with Crippen LogP contribution >= 0.6 is 0 Å². The van der Waals surface area contributed by atoms with Crippen molar-refractivity contribution in [2.75, 3.05) is 0 Å². The average molecular weight is 170 g/mol. The standard InChI is InChI=1S/C8H14N2O2/c1-2-3-4-5-6-7(11)10-8(12)9-6/h11H,2-5H2,1H3,(H2,9,10,12). The molecular weight excluding hydrogens is 156 g/mol. The van der Waals surface area contributed by atoms with Gasteiger partial charge in [0.05, 0.1) is 5.69 Å². The van der Waals surface area contributed by atoms with Gasteiger partial charge in [-0.05, 0) is 12.8 Å². The summed E-state index contributed by atoms with van der Waals surface area (Å²) in [4.78, 5) is 15.5. The molecule has 0 aromatic carbocycles. The molecule has 0 aliphatic carbocycles. The first-order valence-corrected chi connectivity index (χ1v) is 4.24. The Kier molecular flexibility index (Phi) is 2.96. The summed E-state index contributed by atoms with van der Waals surface area (Å²) in [5.41, 5.74) is 0.285. The van der Waals surface area contributed by atoms with Crippen molar-refractivity contribution in [3.05, 3.63) is 16.2 Å². The molecule has 1 rings (SSSR count). The molecule has 3 N–H and O–H groups in total. The Bertz CT molecular complexity index is 287. The smallest absolute Gasteiger partial charge is 0.325 e. The number of nitrogens with one attached hydrogen (secondary N) is 2. The van der Waals surface area contributed by atoms with Crippen LogP contribution in [-0.4, -0.2) is 15.1 Å². The lowest BCUT2D eigenvalue weighted by molar-refractivity contribution is 0.447. The second-order valence-corrected chi connectivity index (χ2v) is 2.86. The summed E-state index contributed by atoms with van der Waals surface area (Å²) in [7, 11) is 0. The Labute approximate surface area is 70.6 Å². The maximum Gasteiger partial charge on any atom is 0.325 e. The fourth-order valence-electron chi connectivity index (χ4n) is 1.14. The van der Waals surface area contributed by atoms with E-state index in [1.54, 1.807) is 0 Å². The molecule has 1 heterocycles. The lowest BCUT2D eigenvalue weighted by Crippen LogP contribution is -2.01. The van der Waals surface area contributed by atoms with E-state index in [0.717, 1.165) is 25.7 Å². The number of rotatable bonds is 4. The molecule has 0 spiro atoms. The van der Waals surface area contributed by atoms with Crippen molar-refractivity contribution < 1.29 is 5.11 Å². The van der Waals surface area contributed by atoms with Crippen molar-refractivity contribution in [2.24, 2.45) is 0 Å². The van der Waals surface area contributed by atoms with Gasteiger partial charge in [0.1, 0.15) is 0 Å². The molecule has 0 bridgehead atoms. The van der Waals surface area contributed by atoms with Gasteiger partial charge in [0.15, 0.2) is 0 Å². The lowest BCUT2D eigenvalue weighted by atomic mass is 10.2. The zero-order valence-corrected chi connectivity index (χ0v) is 7.18. The van der Waals surface area contributed by atoms with E-state index in [2.05, 4.69) is 16.9 Å². The molecular formula is C8H14N2O2. The van der Waals surface area contributed by atoms with Crippen LogP contribution in [0.15, 0.2) is 4.79 Å². The van der Waals surface area contributed by atoms with E-state index >= 15 is 0 Å². The number of hydrogen-bond donors (Lipinski definition) is 3. The zero-order valence-electron chi connectivity index (χ0n) is 7.18. The maximum absolute atomic E-state index is 10.7. The van der Waals surface area contributed by atoms with Crippen LogP contribution in [0, 0.1) is 0 Å². The topological polar surface area (TPSA) is 68.9 Å². The molecule has 0 atom stereocenters. The van der Waals surface area contributed by atoms with Gasteiger partial charge >= 0.3 is 5.69 Å². The predicted octanol–water partition coefficient (Wildman–Crippen LogP) is 1.14. The molecule has 0 saturated carbocycles. The SMILES string of the molecule is CCCCCc1[nH]c(=O)[nH]c1O. The zero-order chi connectivity index (χ0) is 8.97. The normalized spacial score (nSPS) is 10.4. The summed E-state index contributed by atoms with van der Waals surface area (Å²) in [6.07, 6.45) is 3.98.